The second-order valence-electron chi connectivity index (χ2n) is 7.73. The van der Waals surface area contributed by atoms with E-state index < -0.39 is 11.5 Å². The fourth-order valence-electron chi connectivity index (χ4n) is 3.60. The standard InChI is InChI=1S/C25H19ClFN3O2/c1-25(32,24(31)29-19-9-7-17(13-28)22(26)12-19)15-30-14-21(16-5-3-2-4-6-16)20-11-18(27)8-10-23(20)30/h2-12,14,32H,15H2,1H3,(H,29,31). The van der Waals surface area contributed by atoms with Crippen molar-refractivity contribution in [2.75, 3.05) is 5.32 Å². The number of aliphatic hydroxyl groups is 1. The number of nitrogens with zero attached hydrogens (tertiary/aromatic N) is 2. The molecular formula is C25H19ClFN3O2. The first kappa shape index (κ1) is 21.6. The zero-order chi connectivity index (χ0) is 22.9. The first-order chi connectivity index (χ1) is 15.3. The summed E-state index contributed by atoms with van der Waals surface area (Å²) in [5.41, 5.74) is 1.27. The lowest BCUT2D eigenvalue weighted by Gasteiger charge is -2.23. The molecule has 1 heterocycles. The second-order valence-corrected chi connectivity index (χ2v) is 8.14. The van der Waals surface area contributed by atoms with Crippen LogP contribution in [-0.4, -0.2) is 21.2 Å². The van der Waals surface area contributed by atoms with Gasteiger partial charge in [0.25, 0.3) is 5.91 Å². The predicted octanol–water partition coefficient (Wildman–Crippen LogP) is 5.36. The monoisotopic (exact) mass is 447 g/mol. The van der Waals surface area contributed by atoms with Crippen LogP contribution in [0, 0.1) is 17.1 Å². The number of amides is 1. The summed E-state index contributed by atoms with van der Waals surface area (Å²) in [6, 6.07) is 20.4. The fraction of sp³-hybridized carbons (Fsp3) is 0.120. The van der Waals surface area contributed by atoms with Gasteiger partial charge in [-0.25, -0.2) is 4.39 Å². The number of rotatable bonds is 5. The fourth-order valence-corrected chi connectivity index (χ4v) is 3.82. The molecule has 0 radical (unpaired) electrons. The molecule has 5 nitrogen and oxygen atoms in total. The van der Waals surface area contributed by atoms with E-state index in [0.29, 0.717) is 16.6 Å². The highest BCUT2D eigenvalue weighted by molar-refractivity contribution is 6.32. The zero-order valence-electron chi connectivity index (χ0n) is 17.1. The van der Waals surface area contributed by atoms with Gasteiger partial charge in [0, 0.05) is 28.4 Å². The maximum absolute atomic E-state index is 14.0. The number of aromatic nitrogens is 1. The largest absolute Gasteiger partial charge is 0.378 e. The van der Waals surface area contributed by atoms with Gasteiger partial charge < -0.3 is 15.0 Å². The van der Waals surface area contributed by atoms with Crippen LogP contribution < -0.4 is 5.32 Å². The Labute approximate surface area is 189 Å². The normalized spacial score (nSPS) is 12.8. The lowest BCUT2D eigenvalue weighted by molar-refractivity contribution is -0.133. The van der Waals surface area contributed by atoms with Crippen LogP contribution in [0.5, 0.6) is 0 Å². The van der Waals surface area contributed by atoms with Crippen LogP contribution in [0.15, 0.2) is 72.9 Å². The first-order valence-corrected chi connectivity index (χ1v) is 10.2. The summed E-state index contributed by atoms with van der Waals surface area (Å²) in [6.07, 6.45) is 1.81. The van der Waals surface area contributed by atoms with E-state index in [1.807, 2.05) is 36.4 Å². The first-order valence-electron chi connectivity index (χ1n) is 9.86. The van der Waals surface area contributed by atoms with E-state index in [-0.39, 0.29) is 22.9 Å². The second kappa shape index (κ2) is 8.46. The van der Waals surface area contributed by atoms with Crippen molar-refractivity contribution in [2.45, 2.75) is 19.1 Å². The number of hydrogen-bond donors (Lipinski definition) is 2. The van der Waals surface area contributed by atoms with Crippen molar-refractivity contribution >= 4 is 34.1 Å². The van der Waals surface area contributed by atoms with E-state index in [9.17, 15) is 14.3 Å². The van der Waals surface area contributed by atoms with Crippen LogP contribution in [-0.2, 0) is 11.3 Å². The molecule has 3 aromatic carbocycles. The van der Waals surface area contributed by atoms with Gasteiger partial charge in [0.2, 0.25) is 0 Å². The molecule has 0 spiro atoms. The number of carbonyl (C=O) groups is 1. The zero-order valence-corrected chi connectivity index (χ0v) is 17.9. The average Bonchev–Trinajstić information content (AvgIpc) is 3.11. The molecule has 0 aliphatic rings. The van der Waals surface area contributed by atoms with E-state index in [0.717, 1.165) is 11.1 Å². The van der Waals surface area contributed by atoms with Gasteiger partial charge in [-0.15, -0.1) is 0 Å². The third kappa shape index (κ3) is 4.22. The quantitative estimate of drug-likeness (QED) is 0.432. The summed E-state index contributed by atoms with van der Waals surface area (Å²) in [7, 11) is 0. The van der Waals surface area contributed by atoms with Crippen molar-refractivity contribution in [1.29, 1.82) is 5.26 Å². The highest BCUT2D eigenvalue weighted by atomic mass is 35.5. The number of nitriles is 1. The Morgan fingerprint density at radius 2 is 1.94 bits per heavy atom. The summed E-state index contributed by atoms with van der Waals surface area (Å²) in [5, 5.41) is 23.5. The number of nitrogens with one attached hydrogen (secondary N) is 1. The predicted molar refractivity (Wildman–Crippen MR) is 123 cm³/mol. The minimum absolute atomic E-state index is 0.0577. The Balaban J connectivity index is 1.65. The molecule has 1 amide bonds. The summed E-state index contributed by atoms with van der Waals surface area (Å²) in [5.74, 6) is -1.00. The van der Waals surface area contributed by atoms with Crippen molar-refractivity contribution in [3.05, 3.63) is 89.3 Å². The molecule has 0 aliphatic heterocycles. The SMILES string of the molecule is CC(O)(Cn1cc(-c2ccccc2)c2cc(F)ccc21)C(=O)Nc1ccc(C#N)c(Cl)c1. The Hall–Kier alpha value is -3.66. The van der Waals surface area contributed by atoms with Gasteiger partial charge in [0.05, 0.1) is 17.1 Å². The van der Waals surface area contributed by atoms with Crippen molar-refractivity contribution in [3.8, 4) is 17.2 Å². The van der Waals surface area contributed by atoms with Crippen LogP contribution in [0.3, 0.4) is 0 Å². The summed E-state index contributed by atoms with van der Waals surface area (Å²) in [4.78, 5) is 12.8. The van der Waals surface area contributed by atoms with Crippen molar-refractivity contribution in [3.63, 3.8) is 0 Å². The van der Waals surface area contributed by atoms with Crippen LogP contribution in [0.2, 0.25) is 5.02 Å². The van der Waals surface area contributed by atoms with Crippen LogP contribution >= 0.6 is 11.6 Å². The molecule has 160 valence electrons. The van der Waals surface area contributed by atoms with Crippen LogP contribution in [0.25, 0.3) is 22.0 Å². The van der Waals surface area contributed by atoms with Crippen LogP contribution in [0.4, 0.5) is 10.1 Å². The summed E-state index contributed by atoms with van der Waals surface area (Å²) in [6.45, 7) is 1.35. The molecule has 7 heteroatoms. The molecule has 0 aliphatic carbocycles. The summed E-state index contributed by atoms with van der Waals surface area (Å²) >= 11 is 6.03. The Kier molecular flexibility index (Phi) is 5.70. The Morgan fingerprint density at radius 1 is 1.19 bits per heavy atom. The Bertz CT molecular complexity index is 1360. The van der Waals surface area contributed by atoms with Gasteiger partial charge in [-0.05, 0) is 48.9 Å². The topological polar surface area (TPSA) is 78.1 Å². The molecule has 0 saturated heterocycles. The van der Waals surface area contributed by atoms with Gasteiger partial charge in [-0.2, -0.15) is 5.26 Å². The van der Waals surface area contributed by atoms with E-state index in [4.69, 9.17) is 16.9 Å². The van der Waals surface area contributed by atoms with Crippen molar-refractivity contribution < 1.29 is 14.3 Å². The smallest absolute Gasteiger partial charge is 0.257 e. The van der Waals surface area contributed by atoms with Crippen molar-refractivity contribution in [2.24, 2.45) is 0 Å². The number of anilines is 1. The molecule has 0 bridgehead atoms. The molecule has 2 N–H and O–H groups in total. The molecule has 4 aromatic rings. The van der Waals surface area contributed by atoms with E-state index >= 15 is 0 Å². The molecule has 1 aromatic heterocycles. The summed E-state index contributed by atoms with van der Waals surface area (Å²) < 4.78 is 15.7. The lowest BCUT2D eigenvalue weighted by atomic mass is 10.1. The molecule has 32 heavy (non-hydrogen) atoms. The molecule has 0 saturated carbocycles. The Morgan fingerprint density at radius 3 is 2.62 bits per heavy atom. The van der Waals surface area contributed by atoms with Gasteiger partial charge in [0.15, 0.2) is 5.60 Å². The van der Waals surface area contributed by atoms with Gasteiger partial charge in [-0.1, -0.05) is 41.9 Å². The van der Waals surface area contributed by atoms with Gasteiger partial charge in [-0.3, -0.25) is 4.79 Å². The van der Waals surface area contributed by atoms with Gasteiger partial charge >= 0.3 is 0 Å². The lowest BCUT2D eigenvalue weighted by Crippen LogP contribution is -2.43. The number of hydrogen-bond acceptors (Lipinski definition) is 3. The van der Waals surface area contributed by atoms with E-state index in [1.54, 1.807) is 22.9 Å². The number of benzene rings is 3. The molecule has 0 fully saturated rings. The highest BCUT2D eigenvalue weighted by Crippen LogP contribution is 2.32. The number of fused-ring (bicyclic) bond motifs is 1. The van der Waals surface area contributed by atoms with Crippen LogP contribution in [0.1, 0.15) is 12.5 Å². The van der Waals surface area contributed by atoms with E-state index in [2.05, 4.69) is 5.32 Å². The molecular weight excluding hydrogens is 429 g/mol. The minimum Gasteiger partial charge on any atom is -0.378 e. The molecule has 1 atom stereocenters. The molecule has 1 unspecified atom stereocenters. The third-order valence-corrected chi connectivity index (χ3v) is 5.56. The van der Waals surface area contributed by atoms with Crippen molar-refractivity contribution in [1.82, 2.24) is 4.57 Å². The van der Waals surface area contributed by atoms with E-state index in [1.165, 1.54) is 31.2 Å². The number of halogens is 2. The maximum atomic E-state index is 14.0. The number of carbonyl (C=O) groups excluding carboxylic acids is 1. The highest BCUT2D eigenvalue weighted by Gasteiger charge is 2.32. The minimum atomic E-state index is -1.78. The maximum Gasteiger partial charge on any atom is 0.257 e. The van der Waals surface area contributed by atoms with Gasteiger partial charge in [0.1, 0.15) is 11.9 Å². The molecule has 4 rings (SSSR count). The third-order valence-electron chi connectivity index (χ3n) is 5.24. The average molecular weight is 448 g/mol.